The Balaban J connectivity index is 2.58. The van der Waals surface area contributed by atoms with Gasteiger partial charge in [0.1, 0.15) is 0 Å². The van der Waals surface area contributed by atoms with Crippen LogP contribution in [0.4, 0.5) is 0 Å². The zero-order chi connectivity index (χ0) is 5.28. The minimum Gasteiger partial charge on any atom is -0.316 e. The molecule has 1 heterocycles. The Morgan fingerprint density at radius 1 is 1.86 bits per heavy atom. The molecular formula is C3H6N2S2. The van der Waals surface area contributed by atoms with Crippen molar-refractivity contribution >= 4 is 21.0 Å². The van der Waals surface area contributed by atoms with Gasteiger partial charge in [-0.1, -0.05) is 0 Å². The molecule has 40 valence electrons. The van der Waals surface area contributed by atoms with Gasteiger partial charge in [0.2, 0.25) is 0 Å². The van der Waals surface area contributed by atoms with Crippen LogP contribution in [-0.4, -0.2) is 0 Å². The average Bonchev–Trinajstić information content (AvgIpc) is 1.87. The predicted molar refractivity (Wildman–Crippen MR) is 34.8 cm³/mol. The molecule has 1 rings (SSSR count). The van der Waals surface area contributed by atoms with Crippen molar-refractivity contribution in [2.45, 2.75) is 6.92 Å². The summed E-state index contributed by atoms with van der Waals surface area (Å²) >= 11 is 4.83. The molecule has 4 heteroatoms. The molecule has 7 heavy (non-hydrogen) atoms. The van der Waals surface area contributed by atoms with E-state index in [1.807, 2.05) is 13.1 Å². The summed E-state index contributed by atoms with van der Waals surface area (Å²) < 4.78 is 5.95. The molecule has 0 saturated heterocycles. The third-order valence-electron chi connectivity index (χ3n) is 0.636. The van der Waals surface area contributed by atoms with Gasteiger partial charge in [0.05, 0.1) is 9.83 Å². The number of hydrogen-bond acceptors (Lipinski definition) is 1. The fraction of sp³-hybridized carbons (Fsp3) is 0.333. The lowest BCUT2D eigenvalue weighted by Gasteiger charge is -1.92. The van der Waals surface area contributed by atoms with Crippen molar-refractivity contribution in [1.29, 1.82) is 0 Å². The van der Waals surface area contributed by atoms with E-state index in [1.165, 1.54) is 0 Å². The van der Waals surface area contributed by atoms with Crippen LogP contribution >= 0.6 is 0 Å². The van der Waals surface area contributed by atoms with Gasteiger partial charge in [-0.05, 0) is 18.1 Å². The second-order valence-corrected chi connectivity index (χ2v) is 3.29. The monoisotopic (exact) mass is 134 g/mol. The maximum Gasteiger partial charge on any atom is 0.0677 e. The van der Waals surface area contributed by atoms with E-state index in [2.05, 4.69) is 9.44 Å². The van der Waals surface area contributed by atoms with Crippen molar-refractivity contribution in [3.63, 3.8) is 0 Å². The smallest absolute Gasteiger partial charge is 0.0677 e. The SMILES string of the molecule is CC1=CNS(=S)N1. The maximum atomic E-state index is 4.83. The summed E-state index contributed by atoms with van der Waals surface area (Å²) in [6.07, 6.45) is 1.89. The normalized spacial score (nSPS) is 28.1. The van der Waals surface area contributed by atoms with Gasteiger partial charge in [-0.2, -0.15) is 0 Å². The molecule has 1 unspecified atom stereocenters. The summed E-state index contributed by atoms with van der Waals surface area (Å²) in [7, 11) is -0.212. The second kappa shape index (κ2) is 1.79. The largest absolute Gasteiger partial charge is 0.316 e. The highest BCUT2D eigenvalue weighted by molar-refractivity contribution is 8.26. The van der Waals surface area contributed by atoms with Gasteiger partial charge in [0, 0.05) is 11.9 Å². The highest BCUT2D eigenvalue weighted by Gasteiger charge is 1.97. The fourth-order valence-corrected chi connectivity index (χ4v) is 1.58. The van der Waals surface area contributed by atoms with Gasteiger partial charge in [0.25, 0.3) is 0 Å². The molecule has 0 aliphatic carbocycles. The molecule has 1 aliphatic rings. The Labute approximate surface area is 49.8 Å². The summed E-state index contributed by atoms with van der Waals surface area (Å²) in [5.74, 6) is 0. The lowest BCUT2D eigenvalue weighted by Crippen LogP contribution is -2.13. The van der Waals surface area contributed by atoms with E-state index in [9.17, 15) is 0 Å². The van der Waals surface area contributed by atoms with Crippen molar-refractivity contribution in [1.82, 2.24) is 9.44 Å². The van der Waals surface area contributed by atoms with Gasteiger partial charge in [0.15, 0.2) is 0 Å². The first-order chi connectivity index (χ1) is 3.29. The molecule has 0 aromatic carbocycles. The first-order valence-electron chi connectivity index (χ1n) is 1.90. The topological polar surface area (TPSA) is 24.1 Å². The van der Waals surface area contributed by atoms with E-state index < -0.39 is 0 Å². The summed E-state index contributed by atoms with van der Waals surface area (Å²) in [4.78, 5) is 0. The molecule has 0 aromatic rings. The van der Waals surface area contributed by atoms with Crippen molar-refractivity contribution in [3.05, 3.63) is 11.9 Å². The third kappa shape index (κ3) is 1.14. The Kier molecular flexibility index (Phi) is 1.30. The van der Waals surface area contributed by atoms with E-state index in [-0.39, 0.29) is 9.83 Å². The molecule has 0 bridgehead atoms. The standard InChI is InChI=1S/C3H6N2S2/c1-3-2-4-7(6)5-3/h2,4-5H,1H3. The highest BCUT2D eigenvalue weighted by atomic mass is 32.8. The molecular weight excluding hydrogens is 128 g/mol. The van der Waals surface area contributed by atoms with Crippen LogP contribution in [0, 0.1) is 0 Å². The number of allylic oxidation sites excluding steroid dienone is 1. The molecule has 1 atom stereocenters. The van der Waals surface area contributed by atoms with Crippen molar-refractivity contribution < 1.29 is 0 Å². The second-order valence-electron chi connectivity index (χ2n) is 1.32. The Morgan fingerprint density at radius 3 is 2.71 bits per heavy atom. The Hall–Kier alpha value is -0.0900. The van der Waals surface area contributed by atoms with Gasteiger partial charge < -0.3 is 9.44 Å². The van der Waals surface area contributed by atoms with Gasteiger partial charge in [-0.3, -0.25) is 0 Å². The first-order valence-corrected chi connectivity index (χ1v) is 4.05. The van der Waals surface area contributed by atoms with E-state index in [0.29, 0.717) is 0 Å². The molecule has 2 N–H and O–H groups in total. The van der Waals surface area contributed by atoms with Gasteiger partial charge >= 0.3 is 0 Å². The minimum atomic E-state index is -0.212. The summed E-state index contributed by atoms with van der Waals surface area (Å²) in [6, 6.07) is 0. The minimum absolute atomic E-state index is 0.212. The van der Waals surface area contributed by atoms with Crippen LogP contribution in [-0.2, 0) is 21.0 Å². The van der Waals surface area contributed by atoms with Crippen LogP contribution in [0.2, 0.25) is 0 Å². The number of nitrogens with one attached hydrogen (secondary N) is 2. The first kappa shape index (κ1) is 5.05. The summed E-state index contributed by atoms with van der Waals surface area (Å²) in [5.41, 5.74) is 1.12. The molecule has 1 aliphatic heterocycles. The third-order valence-corrected chi connectivity index (χ3v) is 2.01. The Morgan fingerprint density at radius 2 is 2.57 bits per heavy atom. The molecule has 0 radical (unpaired) electrons. The lowest BCUT2D eigenvalue weighted by molar-refractivity contribution is 1.22. The average molecular weight is 134 g/mol. The van der Waals surface area contributed by atoms with Crippen LogP contribution in [0.1, 0.15) is 6.92 Å². The van der Waals surface area contributed by atoms with Crippen LogP contribution in [0.5, 0.6) is 0 Å². The molecule has 2 nitrogen and oxygen atoms in total. The predicted octanol–water partition coefficient (Wildman–Crippen LogP) is -0.0493. The van der Waals surface area contributed by atoms with Crippen LogP contribution < -0.4 is 9.44 Å². The molecule has 0 fully saturated rings. The van der Waals surface area contributed by atoms with Crippen LogP contribution in [0.15, 0.2) is 11.9 Å². The molecule has 0 aromatic heterocycles. The molecule has 0 saturated carbocycles. The fourth-order valence-electron chi connectivity index (χ4n) is 0.347. The van der Waals surface area contributed by atoms with Crippen LogP contribution in [0.25, 0.3) is 0 Å². The van der Waals surface area contributed by atoms with E-state index in [1.54, 1.807) is 0 Å². The molecule has 0 amide bonds. The highest BCUT2D eigenvalue weighted by Crippen LogP contribution is 1.91. The maximum absolute atomic E-state index is 4.83. The summed E-state index contributed by atoms with van der Waals surface area (Å²) in [6.45, 7) is 1.98. The molecule has 0 spiro atoms. The van der Waals surface area contributed by atoms with Crippen molar-refractivity contribution in [2.24, 2.45) is 0 Å². The zero-order valence-electron chi connectivity index (χ0n) is 3.89. The van der Waals surface area contributed by atoms with E-state index >= 15 is 0 Å². The van der Waals surface area contributed by atoms with E-state index in [0.717, 1.165) is 5.70 Å². The van der Waals surface area contributed by atoms with Crippen LogP contribution in [0.3, 0.4) is 0 Å². The Bertz CT molecular complexity index is 129. The van der Waals surface area contributed by atoms with Crippen molar-refractivity contribution in [3.8, 4) is 0 Å². The summed E-state index contributed by atoms with van der Waals surface area (Å²) in [5, 5.41) is 0. The lowest BCUT2D eigenvalue weighted by atomic mass is 10.6. The van der Waals surface area contributed by atoms with Crippen molar-refractivity contribution in [2.75, 3.05) is 0 Å². The zero-order valence-corrected chi connectivity index (χ0v) is 5.53. The quantitative estimate of drug-likeness (QED) is 0.486. The number of rotatable bonds is 0. The van der Waals surface area contributed by atoms with Gasteiger partial charge in [-0.15, -0.1) is 0 Å². The number of hydrogen-bond donors (Lipinski definition) is 2. The van der Waals surface area contributed by atoms with E-state index in [4.69, 9.17) is 11.2 Å². The van der Waals surface area contributed by atoms with Gasteiger partial charge in [-0.25, -0.2) is 0 Å².